The van der Waals surface area contributed by atoms with Gasteiger partial charge in [0.1, 0.15) is 11.5 Å². The molecule has 1 aliphatic rings. The first-order valence-corrected chi connectivity index (χ1v) is 10.7. The molecule has 1 aromatic heterocycles. The molecule has 1 aliphatic heterocycles. The maximum atomic E-state index is 12.4. The third-order valence-corrected chi connectivity index (χ3v) is 5.58. The Morgan fingerprint density at radius 2 is 2.10 bits per heavy atom. The summed E-state index contributed by atoms with van der Waals surface area (Å²) in [6.45, 7) is 4.77. The Morgan fingerprint density at radius 1 is 1.23 bits per heavy atom. The van der Waals surface area contributed by atoms with Gasteiger partial charge in [-0.05, 0) is 37.1 Å². The number of amides is 1. The number of nitrogens with zero attached hydrogens (tertiary/aromatic N) is 2. The van der Waals surface area contributed by atoms with Gasteiger partial charge in [0.25, 0.3) is 11.1 Å². The highest BCUT2D eigenvalue weighted by Gasteiger charge is 2.22. The number of ether oxygens (including phenoxy) is 2. The minimum absolute atomic E-state index is 0.0488. The van der Waals surface area contributed by atoms with Crippen LogP contribution in [-0.2, 0) is 11.4 Å². The van der Waals surface area contributed by atoms with E-state index in [1.807, 2.05) is 56.3 Å². The number of hydrogen-bond donors (Lipinski definition) is 1. The second-order valence-corrected chi connectivity index (χ2v) is 8.03. The summed E-state index contributed by atoms with van der Waals surface area (Å²) in [5, 5.41) is 11.4. The van der Waals surface area contributed by atoms with Crippen LogP contribution in [0.15, 0.2) is 52.1 Å². The predicted molar refractivity (Wildman–Crippen MR) is 113 cm³/mol. The lowest BCUT2D eigenvalue weighted by molar-refractivity contribution is -0.119. The van der Waals surface area contributed by atoms with Gasteiger partial charge >= 0.3 is 0 Å². The molecule has 0 spiro atoms. The number of carbonyl (C=O) groups excluding carboxylic acids is 1. The first-order valence-electron chi connectivity index (χ1n) is 9.75. The van der Waals surface area contributed by atoms with Crippen molar-refractivity contribution in [2.75, 3.05) is 12.4 Å². The summed E-state index contributed by atoms with van der Waals surface area (Å²) >= 11 is 1.21. The van der Waals surface area contributed by atoms with Crippen LogP contribution in [0, 0.1) is 13.8 Å². The molecular formula is C22H23N3O4S. The standard InChI is InChI=1S/C22H23N3O4S/c1-14-7-8-15(2)19(11-14)28-12-21-24-25-22(29-21)30-13-20(26)23-17-9-10-27-18-6-4-3-5-16(17)18/h3-8,11,17H,9-10,12-13H2,1-2H3,(H,23,26). The number of para-hydroxylation sites is 1. The number of nitrogens with one attached hydrogen (secondary N) is 1. The molecule has 0 radical (unpaired) electrons. The molecular weight excluding hydrogens is 402 g/mol. The Kier molecular flexibility index (Phi) is 6.23. The molecule has 2 heterocycles. The number of thioether (sulfide) groups is 1. The van der Waals surface area contributed by atoms with E-state index in [4.69, 9.17) is 13.9 Å². The van der Waals surface area contributed by atoms with Crippen LogP contribution in [-0.4, -0.2) is 28.5 Å². The zero-order chi connectivity index (χ0) is 20.9. The van der Waals surface area contributed by atoms with E-state index in [-0.39, 0.29) is 24.3 Å². The smallest absolute Gasteiger partial charge is 0.277 e. The van der Waals surface area contributed by atoms with Crippen LogP contribution in [0.4, 0.5) is 0 Å². The highest BCUT2D eigenvalue weighted by Crippen LogP contribution is 2.31. The zero-order valence-electron chi connectivity index (χ0n) is 16.9. The molecule has 1 atom stereocenters. The van der Waals surface area contributed by atoms with Gasteiger partial charge in [0.15, 0.2) is 6.61 Å². The van der Waals surface area contributed by atoms with Crippen LogP contribution in [0.2, 0.25) is 0 Å². The average Bonchev–Trinajstić information content (AvgIpc) is 3.21. The molecule has 0 saturated carbocycles. The van der Waals surface area contributed by atoms with Gasteiger partial charge in [-0.1, -0.05) is 42.1 Å². The predicted octanol–water partition coefficient (Wildman–Crippen LogP) is 4.00. The van der Waals surface area contributed by atoms with E-state index in [9.17, 15) is 4.79 Å². The van der Waals surface area contributed by atoms with Crippen molar-refractivity contribution in [3.8, 4) is 11.5 Å². The normalized spacial score (nSPS) is 15.2. The van der Waals surface area contributed by atoms with E-state index in [1.54, 1.807) is 0 Å². The lowest BCUT2D eigenvalue weighted by Gasteiger charge is -2.26. The van der Waals surface area contributed by atoms with Crippen LogP contribution in [0.3, 0.4) is 0 Å². The maximum absolute atomic E-state index is 12.4. The van der Waals surface area contributed by atoms with Crippen molar-refractivity contribution < 1.29 is 18.7 Å². The van der Waals surface area contributed by atoms with Gasteiger partial charge in [-0.2, -0.15) is 0 Å². The van der Waals surface area contributed by atoms with Crippen LogP contribution < -0.4 is 14.8 Å². The summed E-state index contributed by atoms with van der Waals surface area (Å²) in [6, 6.07) is 13.7. The summed E-state index contributed by atoms with van der Waals surface area (Å²) < 4.78 is 17.0. The fourth-order valence-corrected chi connectivity index (χ4v) is 3.80. The molecule has 1 amide bonds. The minimum Gasteiger partial charge on any atom is -0.493 e. The summed E-state index contributed by atoms with van der Waals surface area (Å²) in [5.74, 6) is 2.09. The third-order valence-electron chi connectivity index (χ3n) is 4.76. The summed E-state index contributed by atoms with van der Waals surface area (Å²) in [5.41, 5.74) is 3.17. The molecule has 0 fully saturated rings. The first kappa shape index (κ1) is 20.3. The van der Waals surface area contributed by atoms with E-state index < -0.39 is 0 Å². The summed E-state index contributed by atoms with van der Waals surface area (Å²) in [7, 11) is 0. The number of aryl methyl sites for hydroxylation is 2. The molecule has 1 N–H and O–H groups in total. The van der Waals surface area contributed by atoms with Gasteiger partial charge in [0.05, 0.1) is 18.4 Å². The van der Waals surface area contributed by atoms with Crippen LogP contribution in [0.5, 0.6) is 11.5 Å². The Hall–Kier alpha value is -3.00. The molecule has 0 saturated heterocycles. The van der Waals surface area contributed by atoms with E-state index in [0.717, 1.165) is 34.6 Å². The highest BCUT2D eigenvalue weighted by molar-refractivity contribution is 7.99. The summed E-state index contributed by atoms with van der Waals surface area (Å²) in [4.78, 5) is 12.4. The quantitative estimate of drug-likeness (QED) is 0.573. The molecule has 8 heteroatoms. The molecule has 0 aliphatic carbocycles. The van der Waals surface area contributed by atoms with Gasteiger partial charge < -0.3 is 19.2 Å². The van der Waals surface area contributed by atoms with Gasteiger partial charge in [-0.25, -0.2) is 0 Å². The number of benzene rings is 2. The van der Waals surface area contributed by atoms with E-state index in [2.05, 4.69) is 15.5 Å². The van der Waals surface area contributed by atoms with Crippen molar-refractivity contribution in [2.24, 2.45) is 0 Å². The molecule has 156 valence electrons. The molecule has 7 nitrogen and oxygen atoms in total. The third kappa shape index (κ3) is 4.94. The summed E-state index contributed by atoms with van der Waals surface area (Å²) in [6.07, 6.45) is 0.744. The molecule has 30 heavy (non-hydrogen) atoms. The Balaban J connectivity index is 1.27. The van der Waals surface area contributed by atoms with Crippen molar-refractivity contribution in [3.63, 3.8) is 0 Å². The fraction of sp³-hybridized carbons (Fsp3) is 0.318. The van der Waals surface area contributed by atoms with Crippen molar-refractivity contribution in [1.82, 2.24) is 15.5 Å². The average molecular weight is 426 g/mol. The molecule has 0 bridgehead atoms. The lowest BCUT2D eigenvalue weighted by Crippen LogP contribution is -2.33. The van der Waals surface area contributed by atoms with E-state index in [0.29, 0.717) is 17.7 Å². The van der Waals surface area contributed by atoms with Crippen molar-refractivity contribution >= 4 is 17.7 Å². The van der Waals surface area contributed by atoms with Gasteiger partial charge in [-0.3, -0.25) is 4.79 Å². The SMILES string of the molecule is Cc1ccc(C)c(OCc2nnc(SCC(=O)NC3CCOc4ccccc43)o2)c1. The van der Waals surface area contributed by atoms with Crippen molar-refractivity contribution in [1.29, 1.82) is 0 Å². The van der Waals surface area contributed by atoms with Crippen molar-refractivity contribution in [3.05, 3.63) is 65.0 Å². The maximum Gasteiger partial charge on any atom is 0.277 e. The monoisotopic (exact) mass is 425 g/mol. The molecule has 1 unspecified atom stereocenters. The Bertz CT molecular complexity index is 1040. The van der Waals surface area contributed by atoms with E-state index >= 15 is 0 Å². The second kappa shape index (κ2) is 9.21. The molecule has 4 rings (SSSR count). The van der Waals surface area contributed by atoms with Crippen LogP contribution >= 0.6 is 11.8 Å². The van der Waals surface area contributed by atoms with Crippen LogP contribution in [0.25, 0.3) is 0 Å². The highest BCUT2D eigenvalue weighted by atomic mass is 32.2. The lowest BCUT2D eigenvalue weighted by atomic mass is 10.0. The first-order chi connectivity index (χ1) is 14.6. The zero-order valence-corrected chi connectivity index (χ0v) is 17.7. The second-order valence-electron chi connectivity index (χ2n) is 7.10. The Labute approximate surface area is 179 Å². The van der Waals surface area contributed by atoms with Crippen LogP contribution in [0.1, 0.15) is 35.0 Å². The van der Waals surface area contributed by atoms with Gasteiger partial charge in [0, 0.05) is 12.0 Å². The Morgan fingerprint density at radius 3 is 3.00 bits per heavy atom. The van der Waals surface area contributed by atoms with E-state index in [1.165, 1.54) is 11.8 Å². The number of carbonyl (C=O) groups is 1. The largest absolute Gasteiger partial charge is 0.493 e. The number of fused-ring (bicyclic) bond motifs is 1. The van der Waals surface area contributed by atoms with Crippen molar-refractivity contribution in [2.45, 2.75) is 38.1 Å². The minimum atomic E-state index is -0.0897. The fourth-order valence-electron chi connectivity index (χ4n) is 3.21. The number of hydrogen-bond acceptors (Lipinski definition) is 7. The number of aromatic nitrogens is 2. The molecule has 3 aromatic rings. The number of rotatable bonds is 7. The van der Waals surface area contributed by atoms with Gasteiger partial charge in [-0.15, -0.1) is 10.2 Å². The van der Waals surface area contributed by atoms with Gasteiger partial charge in [0.2, 0.25) is 5.91 Å². The molecule has 2 aromatic carbocycles. The topological polar surface area (TPSA) is 86.5 Å².